The minimum absolute atomic E-state index is 0.100. The van der Waals surface area contributed by atoms with E-state index in [-0.39, 0.29) is 19.3 Å². The molecule has 2 aromatic rings. The van der Waals surface area contributed by atoms with Crippen LogP contribution in [0, 0.1) is 0 Å². The van der Waals surface area contributed by atoms with Gasteiger partial charge >= 0.3 is 5.97 Å². The first-order chi connectivity index (χ1) is 13.3. The number of aliphatic carboxylic acids is 1. The molecule has 2 rings (SSSR count). The maximum atomic E-state index is 10.5. The highest BCUT2D eigenvalue weighted by Gasteiger charge is 2.11. The van der Waals surface area contributed by atoms with Crippen LogP contribution in [0.2, 0.25) is 0 Å². The lowest BCUT2D eigenvalue weighted by molar-refractivity contribution is -0.139. The second-order valence-corrected chi connectivity index (χ2v) is 6.56. The number of nitrogens with one attached hydrogen (secondary N) is 1. The standard InChI is InChI=1S/C20H27N3O5/c1-13(9-14-5-7-16(8-6-14)27-12-19(25)26)23-10-15(24)11-28-18-4-2-3-17(21)20(18)22/h2-8,13,15,23-24H,9-12,21-22H2,1H3,(H,25,26). The summed E-state index contributed by atoms with van der Waals surface area (Å²) in [5.41, 5.74) is 13.4. The molecule has 0 bridgehead atoms. The smallest absolute Gasteiger partial charge is 0.341 e. The van der Waals surface area contributed by atoms with E-state index in [1.54, 1.807) is 30.3 Å². The number of ether oxygens (including phenoxy) is 2. The van der Waals surface area contributed by atoms with Gasteiger partial charge in [0.15, 0.2) is 6.61 Å². The molecule has 0 aliphatic rings. The normalized spacial score (nSPS) is 12.9. The maximum Gasteiger partial charge on any atom is 0.341 e. The molecule has 2 aromatic carbocycles. The van der Waals surface area contributed by atoms with Crippen LogP contribution in [0.4, 0.5) is 11.4 Å². The maximum absolute atomic E-state index is 10.5. The third-order valence-electron chi connectivity index (χ3n) is 4.06. The molecule has 0 amide bonds. The zero-order chi connectivity index (χ0) is 20.5. The van der Waals surface area contributed by atoms with Gasteiger partial charge in [-0.05, 0) is 43.2 Å². The second kappa shape index (κ2) is 10.4. The number of nitrogens with two attached hydrogens (primary N) is 2. The van der Waals surface area contributed by atoms with Crippen LogP contribution < -0.4 is 26.3 Å². The fraction of sp³-hybridized carbons (Fsp3) is 0.350. The van der Waals surface area contributed by atoms with Gasteiger partial charge in [-0.1, -0.05) is 18.2 Å². The van der Waals surface area contributed by atoms with Crippen molar-refractivity contribution in [3.8, 4) is 11.5 Å². The van der Waals surface area contributed by atoms with E-state index in [0.29, 0.717) is 29.4 Å². The van der Waals surface area contributed by atoms with Gasteiger partial charge in [0.05, 0.1) is 11.4 Å². The average Bonchev–Trinajstić information content (AvgIpc) is 2.67. The fourth-order valence-corrected chi connectivity index (χ4v) is 2.56. The van der Waals surface area contributed by atoms with E-state index in [9.17, 15) is 9.90 Å². The Labute approximate surface area is 164 Å². The van der Waals surface area contributed by atoms with Crippen molar-refractivity contribution in [3.63, 3.8) is 0 Å². The van der Waals surface area contributed by atoms with E-state index in [1.165, 1.54) is 0 Å². The Morgan fingerprint density at radius 3 is 2.54 bits per heavy atom. The first kappa shape index (κ1) is 21.3. The van der Waals surface area contributed by atoms with Crippen LogP contribution in [0.1, 0.15) is 12.5 Å². The van der Waals surface area contributed by atoms with Crippen molar-refractivity contribution in [1.29, 1.82) is 0 Å². The molecule has 0 radical (unpaired) electrons. The highest BCUT2D eigenvalue weighted by Crippen LogP contribution is 2.26. The summed E-state index contributed by atoms with van der Waals surface area (Å²) < 4.78 is 10.6. The lowest BCUT2D eigenvalue weighted by Crippen LogP contribution is -2.37. The zero-order valence-electron chi connectivity index (χ0n) is 15.8. The molecule has 8 nitrogen and oxygen atoms in total. The number of hydrogen-bond acceptors (Lipinski definition) is 7. The van der Waals surface area contributed by atoms with Crippen LogP contribution >= 0.6 is 0 Å². The van der Waals surface area contributed by atoms with Crippen molar-refractivity contribution in [2.24, 2.45) is 0 Å². The number of rotatable bonds is 11. The zero-order valence-corrected chi connectivity index (χ0v) is 15.8. The first-order valence-corrected chi connectivity index (χ1v) is 8.97. The van der Waals surface area contributed by atoms with Crippen LogP contribution in [0.15, 0.2) is 42.5 Å². The summed E-state index contributed by atoms with van der Waals surface area (Å²) >= 11 is 0. The summed E-state index contributed by atoms with van der Waals surface area (Å²) in [6.45, 7) is 2.11. The summed E-state index contributed by atoms with van der Waals surface area (Å²) in [6.07, 6.45) is 0.0460. The van der Waals surface area contributed by atoms with Gasteiger partial charge in [-0.3, -0.25) is 0 Å². The van der Waals surface area contributed by atoms with E-state index >= 15 is 0 Å². The predicted molar refractivity (Wildman–Crippen MR) is 108 cm³/mol. The van der Waals surface area contributed by atoms with Gasteiger partial charge in [-0.25, -0.2) is 4.79 Å². The molecule has 0 aromatic heterocycles. The molecule has 0 spiro atoms. The molecule has 152 valence electrons. The number of nitrogen functional groups attached to an aromatic ring is 2. The van der Waals surface area contributed by atoms with Gasteiger partial charge in [0, 0.05) is 12.6 Å². The van der Waals surface area contributed by atoms with Crippen LogP contribution in [0.3, 0.4) is 0 Å². The van der Waals surface area contributed by atoms with Gasteiger partial charge in [-0.15, -0.1) is 0 Å². The van der Waals surface area contributed by atoms with E-state index in [1.807, 2.05) is 19.1 Å². The minimum Gasteiger partial charge on any atom is -0.489 e. The van der Waals surface area contributed by atoms with Gasteiger partial charge in [-0.2, -0.15) is 0 Å². The monoisotopic (exact) mass is 389 g/mol. The number of carboxylic acid groups (broad SMARTS) is 1. The molecule has 7 N–H and O–H groups in total. The van der Waals surface area contributed by atoms with Crippen LogP contribution in [-0.2, 0) is 11.2 Å². The molecule has 0 heterocycles. The molecule has 0 aliphatic carbocycles. The van der Waals surface area contributed by atoms with Gasteiger partial charge in [0.2, 0.25) is 0 Å². The Kier molecular flexibility index (Phi) is 7.91. The highest BCUT2D eigenvalue weighted by molar-refractivity contribution is 5.70. The molecule has 28 heavy (non-hydrogen) atoms. The van der Waals surface area contributed by atoms with Crippen LogP contribution in [0.5, 0.6) is 11.5 Å². The largest absolute Gasteiger partial charge is 0.489 e. The summed E-state index contributed by atoms with van der Waals surface area (Å²) in [7, 11) is 0. The number of hydrogen-bond donors (Lipinski definition) is 5. The molecular weight excluding hydrogens is 362 g/mol. The first-order valence-electron chi connectivity index (χ1n) is 8.97. The highest BCUT2D eigenvalue weighted by atomic mass is 16.5. The van der Waals surface area contributed by atoms with Gasteiger partial charge in [0.1, 0.15) is 24.2 Å². The van der Waals surface area contributed by atoms with E-state index in [4.69, 9.17) is 26.0 Å². The summed E-state index contributed by atoms with van der Waals surface area (Å²) in [6, 6.07) is 12.5. The number of anilines is 2. The Hall–Kier alpha value is -2.97. The third-order valence-corrected chi connectivity index (χ3v) is 4.06. The minimum atomic E-state index is -1.01. The Morgan fingerprint density at radius 2 is 1.86 bits per heavy atom. The summed E-state index contributed by atoms with van der Waals surface area (Å²) in [5, 5.41) is 22.0. The molecule has 0 aliphatic heterocycles. The van der Waals surface area contributed by atoms with Crippen molar-refractivity contribution in [1.82, 2.24) is 5.32 Å². The summed E-state index contributed by atoms with van der Waals surface area (Å²) in [5.74, 6) is -0.0414. The predicted octanol–water partition coefficient (Wildman–Crippen LogP) is 1.27. The quantitative estimate of drug-likeness (QED) is 0.362. The lowest BCUT2D eigenvalue weighted by Gasteiger charge is -2.18. The van der Waals surface area contributed by atoms with Crippen molar-refractivity contribution >= 4 is 17.3 Å². The molecule has 0 saturated carbocycles. The van der Waals surface area contributed by atoms with Crippen molar-refractivity contribution in [2.75, 3.05) is 31.2 Å². The molecule has 8 heteroatoms. The van der Waals surface area contributed by atoms with Crippen LogP contribution in [0.25, 0.3) is 0 Å². The SMILES string of the molecule is CC(Cc1ccc(OCC(=O)O)cc1)NCC(O)COc1cccc(N)c1N. The van der Waals surface area contributed by atoms with E-state index < -0.39 is 12.1 Å². The molecular formula is C20H27N3O5. The number of para-hydroxylation sites is 1. The van der Waals surface area contributed by atoms with E-state index in [0.717, 1.165) is 12.0 Å². The Morgan fingerprint density at radius 1 is 1.14 bits per heavy atom. The van der Waals surface area contributed by atoms with Crippen LogP contribution in [-0.4, -0.2) is 48.1 Å². The number of benzene rings is 2. The average molecular weight is 389 g/mol. The number of aliphatic hydroxyl groups is 1. The number of carboxylic acids is 1. The molecule has 2 unspecified atom stereocenters. The molecule has 2 atom stereocenters. The molecule has 0 saturated heterocycles. The topological polar surface area (TPSA) is 140 Å². The van der Waals surface area contributed by atoms with Crippen molar-refractivity contribution < 1.29 is 24.5 Å². The second-order valence-electron chi connectivity index (χ2n) is 6.56. The lowest BCUT2D eigenvalue weighted by atomic mass is 10.1. The van der Waals surface area contributed by atoms with Crippen molar-refractivity contribution in [3.05, 3.63) is 48.0 Å². The Balaban J connectivity index is 1.71. The molecule has 0 fully saturated rings. The third kappa shape index (κ3) is 6.98. The van der Waals surface area contributed by atoms with Gasteiger partial charge in [0.25, 0.3) is 0 Å². The fourth-order valence-electron chi connectivity index (χ4n) is 2.56. The summed E-state index contributed by atoms with van der Waals surface area (Å²) in [4.78, 5) is 10.5. The number of carbonyl (C=O) groups is 1. The number of aliphatic hydroxyl groups excluding tert-OH is 1. The van der Waals surface area contributed by atoms with Gasteiger partial charge < -0.3 is 36.5 Å². The van der Waals surface area contributed by atoms with Crippen molar-refractivity contribution in [2.45, 2.75) is 25.5 Å². The van der Waals surface area contributed by atoms with E-state index in [2.05, 4.69) is 5.32 Å². The Bertz CT molecular complexity index is 767.